The van der Waals surface area contributed by atoms with Crippen LogP contribution in [0.1, 0.15) is 17.3 Å². The molecule has 2 aromatic carbocycles. The molecule has 0 fully saturated rings. The summed E-state index contributed by atoms with van der Waals surface area (Å²) < 4.78 is 0.921. The van der Waals surface area contributed by atoms with E-state index in [9.17, 15) is 9.59 Å². The topological polar surface area (TPSA) is 58.9 Å². The van der Waals surface area contributed by atoms with E-state index in [1.807, 2.05) is 18.2 Å². The van der Waals surface area contributed by atoms with Crippen molar-refractivity contribution in [2.45, 2.75) is 13.0 Å². The Morgan fingerprint density at radius 3 is 2.19 bits per heavy atom. The monoisotopic (exact) mass is 344 g/mol. The third kappa shape index (κ3) is 4.16. The van der Waals surface area contributed by atoms with Gasteiger partial charge in [0, 0.05) is 10.0 Å². The molecule has 4 nitrogen and oxygen atoms in total. The van der Waals surface area contributed by atoms with Crippen molar-refractivity contribution in [2.75, 3.05) is 0 Å². The van der Waals surface area contributed by atoms with Gasteiger partial charge in [0.2, 0.25) is 0 Å². The van der Waals surface area contributed by atoms with E-state index in [1.165, 1.54) is 6.92 Å². The highest BCUT2D eigenvalue weighted by Crippen LogP contribution is 2.18. The van der Waals surface area contributed by atoms with Crippen LogP contribution in [0.2, 0.25) is 0 Å². The second-order valence-corrected chi connectivity index (χ2v) is 5.35. The normalized spacial score (nSPS) is 12.3. The van der Waals surface area contributed by atoms with E-state index in [-0.39, 0.29) is 11.6 Å². The molecule has 106 valence electrons. The van der Waals surface area contributed by atoms with Gasteiger partial charge in [-0.15, -0.1) is 0 Å². The molecular formula is C16H13BrN2O2. The average molecular weight is 345 g/mol. The third-order valence-electron chi connectivity index (χ3n) is 2.81. The lowest BCUT2D eigenvalue weighted by Crippen LogP contribution is -2.26. The number of carbonyl (C=O) groups excluding carboxylic acids is 2. The van der Waals surface area contributed by atoms with Gasteiger partial charge in [-0.1, -0.05) is 46.3 Å². The third-order valence-corrected chi connectivity index (χ3v) is 3.34. The van der Waals surface area contributed by atoms with Crippen LogP contribution >= 0.6 is 15.9 Å². The molecule has 0 aliphatic heterocycles. The first kappa shape index (κ1) is 15.3. The molecule has 1 unspecified atom stereocenters. The fraction of sp³-hybridized carbons (Fsp3) is 0.125. The van der Waals surface area contributed by atoms with E-state index in [0.717, 1.165) is 4.47 Å². The molecule has 0 saturated carbocycles. The van der Waals surface area contributed by atoms with Crippen molar-refractivity contribution in [1.29, 1.82) is 0 Å². The number of halogens is 1. The highest BCUT2D eigenvalue weighted by molar-refractivity contribution is 9.10. The molecule has 0 bridgehead atoms. The highest BCUT2D eigenvalue weighted by atomic mass is 79.9. The molecular weight excluding hydrogens is 332 g/mol. The maximum absolute atomic E-state index is 12.3. The van der Waals surface area contributed by atoms with Crippen molar-refractivity contribution in [2.24, 2.45) is 10.2 Å². The van der Waals surface area contributed by atoms with Crippen LogP contribution in [0.3, 0.4) is 0 Å². The van der Waals surface area contributed by atoms with E-state index in [2.05, 4.69) is 26.2 Å². The molecule has 2 rings (SSSR count). The fourth-order valence-electron chi connectivity index (χ4n) is 1.71. The molecule has 0 amide bonds. The summed E-state index contributed by atoms with van der Waals surface area (Å²) in [6, 6.07) is 14.6. The van der Waals surface area contributed by atoms with Crippen LogP contribution in [0, 0.1) is 0 Å². The number of azo groups is 1. The maximum Gasteiger partial charge on any atom is 0.196 e. The summed E-state index contributed by atoms with van der Waals surface area (Å²) in [6.07, 6.45) is 0. The molecule has 1 atom stereocenters. The lowest BCUT2D eigenvalue weighted by Gasteiger charge is -2.06. The number of rotatable bonds is 5. The molecule has 5 heteroatoms. The average Bonchev–Trinajstić information content (AvgIpc) is 2.49. The number of hydrogen-bond acceptors (Lipinski definition) is 4. The fourth-order valence-corrected chi connectivity index (χ4v) is 1.98. The highest BCUT2D eigenvalue weighted by Gasteiger charge is 2.24. The van der Waals surface area contributed by atoms with E-state index < -0.39 is 6.04 Å². The second kappa shape index (κ2) is 7.04. The van der Waals surface area contributed by atoms with Crippen LogP contribution in [0.25, 0.3) is 0 Å². The summed E-state index contributed by atoms with van der Waals surface area (Å²) in [4.78, 5) is 23.9. The van der Waals surface area contributed by atoms with E-state index in [0.29, 0.717) is 11.3 Å². The predicted molar refractivity (Wildman–Crippen MR) is 83.9 cm³/mol. The van der Waals surface area contributed by atoms with Crippen molar-refractivity contribution >= 4 is 33.2 Å². The lowest BCUT2D eigenvalue weighted by atomic mass is 10.0. The van der Waals surface area contributed by atoms with Crippen LogP contribution in [0.5, 0.6) is 0 Å². The van der Waals surface area contributed by atoms with Gasteiger partial charge in [-0.25, -0.2) is 0 Å². The number of benzene rings is 2. The summed E-state index contributed by atoms with van der Waals surface area (Å²) in [6.45, 7) is 1.34. The smallest absolute Gasteiger partial charge is 0.196 e. The second-order valence-electron chi connectivity index (χ2n) is 4.44. The first-order chi connectivity index (χ1) is 10.1. The zero-order valence-electron chi connectivity index (χ0n) is 11.4. The van der Waals surface area contributed by atoms with Gasteiger partial charge < -0.3 is 0 Å². The van der Waals surface area contributed by atoms with Crippen molar-refractivity contribution in [3.63, 3.8) is 0 Å². The summed E-state index contributed by atoms with van der Waals surface area (Å²) in [7, 11) is 0. The van der Waals surface area contributed by atoms with Crippen molar-refractivity contribution in [3.8, 4) is 0 Å². The van der Waals surface area contributed by atoms with Crippen molar-refractivity contribution in [3.05, 3.63) is 64.6 Å². The number of carbonyl (C=O) groups is 2. The van der Waals surface area contributed by atoms with Gasteiger partial charge in [-0.05, 0) is 31.2 Å². The van der Waals surface area contributed by atoms with Gasteiger partial charge in [0.15, 0.2) is 17.6 Å². The molecule has 0 heterocycles. The van der Waals surface area contributed by atoms with Crippen LogP contribution in [0.15, 0.2) is 69.3 Å². The summed E-state index contributed by atoms with van der Waals surface area (Å²) >= 11 is 3.32. The summed E-state index contributed by atoms with van der Waals surface area (Å²) in [5, 5.41) is 7.89. The first-order valence-electron chi connectivity index (χ1n) is 6.34. The molecule has 2 aromatic rings. The number of Topliss-reactive ketones (excluding diaryl/α,β-unsaturated/α-hetero) is 2. The van der Waals surface area contributed by atoms with Crippen LogP contribution in [-0.2, 0) is 4.79 Å². The minimum atomic E-state index is -1.10. The number of ketones is 2. The quantitative estimate of drug-likeness (QED) is 0.459. The zero-order chi connectivity index (χ0) is 15.2. The molecule has 0 spiro atoms. The minimum Gasteiger partial charge on any atom is -0.297 e. The number of hydrogen-bond donors (Lipinski definition) is 0. The Morgan fingerprint density at radius 1 is 1.00 bits per heavy atom. The minimum absolute atomic E-state index is 0.329. The van der Waals surface area contributed by atoms with Gasteiger partial charge in [0.1, 0.15) is 0 Å². The summed E-state index contributed by atoms with van der Waals surface area (Å²) in [5.74, 6) is -0.673. The Bertz CT molecular complexity index is 666. The molecule has 0 N–H and O–H groups in total. The molecule has 0 aliphatic rings. The standard InChI is InChI=1S/C16H13BrN2O2/c1-11(20)15(16(21)12-5-3-2-4-6-12)19-18-14-9-7-13(17)8-10-14/h2-10,15H,1H3. The Kier molecular flexibility index (Phi) is 5.11. The van der Waals surface area contributed by atoms with Gasteiger partial charge in [0.05, 0.1) is 5.69 Å². The predicted octanol–water partition coefficient (Wildman–Crippen LogP) is 4.37. The molecule has 0 radical (unpaired) electrons. The van der Waals surface area contributed by atoms with E-state index >= 15 is 0 Å². The Balaban J connectivity index is 2.22. The van der Waals surface area contributed by atoms with Gasteiger partial charge in [0.25, 0.3) is 0 Å². The molecule has 0 aliphatic carbocycles. The molecule has 0 aromatic heterocycles. The zero-order valence-corrected chi connectivity index (χ0v) is 12.9. The maximum atomic E-state index is 12.3. The summed E-state index contributed by atoms with van der Waals surface area (Å²) in [5.41, 5.74) is 1.04. The van der Waals surface area contributed by atoms with Gasteiger partial charge in [-0.3, -0.25) is 9.59 Å². The van der Waals surface area contributed by atoms with Crippen molar-refractivity contribution in [1.82, 2.24) is 0 Å². The van der Waals surface area contributed by atoms with Crippen LogP contribution < -0.4 is 0 Å². The Labute approximate surface area is 131 Å². The Morgan fingerprint density at radius 2 is 1.62 bits per heavy atom. The van der Waals surface area contributed by atoms with Gasteiger partial charge in [-0.2, -0.15) is 10.2 Å². The Hall–Kier alpha value is -2.14. The van der Waals surface area contributed by atoms with Gasteiger partial charge >= 0.3 is 0 Å². The largest absolute Gasteiger partial charge is 0.297 e. The van der Waals surface area contributed by atoms with Crippen LogP contribution in [0.4, 0.5) is 5.69 Å². The molecule has 0 saturated heterocycles. The number of nitrogens with zero attached hydrogens (tertiary/aromatic N) is 2. The lowest BCUT2D eigenvalue weighted by molar-refractivity contribution is -0.117. The van der Waals surface area contributed by atoms with E-state index in [1.54, 1.807) is 36.4 Å². The van der Waals surface area contributed by atoms with E-state index in [4.69, 9.17) is 0 Å². The molecule has 21 heavy (non-hydrogen) atoms. The van der Waals surface area contributed by atoms with Crippen molar-refractivity contribution < 1.29 is 9.59 Å². The first-order valence-corrected chi connectivity index (χ1v) is 7.13. The SMILES string of the molecule is CC(=O)C(N=Nc1ccc(Br)cc1)C(=O)c1ccccc1. The van der Waals surface area contributed by atoms with Crippen LogP contribution in [-0.4, -0.2) is 17.6 Å².